The third-order valence-electron chi connectivity index (χ3n) is 3.53. The van der Waals surface area contributed by atoms with Crippen molar-refractivity contribution in [1.82, 2.24) is 4.98 Å². The summed E-state index contributed by atoms with van der Waals surface area (Å²) in [6.07, 6.45) is 0. The lowest BCUT2D eigenvalue weighted by Gasteiger charge is -2.08. The molecule has 0 saturated heterocycles. The van der Waals surface area contributed by atoms with Crippen molar-refractivity contribution in [2.45, 2.75) is 0 Å². The molecular weight excluding hydrogens is 342 g/mol. The number of nitrogens with zero attached hydrogens (tertiary/aromatic N) is 2. The topological polar surface area (TPSA) is 86.5 Å². The summed E-state index contributed by atoms with van der Waals surface area (Å²) in [7, 11) is 3.15. The highest BCUT2D eigenvalue weighted by Crippen LogP contribution is 2.35. The van der Waals surface area contributed by atoms with Crippen LogP contribution in [0.3, 0.4) is 0 Å². The predicted octanol–water partition coefficient (Wildman–Crippen LogP) is 4.48. The van der Waals surface area contributed by atoms with Crippen LogP contribution in [0.5, 0.6) is 11.5 Å². The van der Waals surface area contributed by atoms with E-state index in [1.807, 2.05) is 23.6 Å². The summed E-state index contributed by atoms with van der Waals surface area (Å²) >= 11 is 1.37. The third kappa shape index (κ3) is 3.53. The molecule has 3 rings (SSSR count). The van der Waals surface area contributed by atoms with Crippen molar-refractivity contribution in [3.63, 3.8) is 0 Å². The predicted molar refractivity (Wildman–Crippen MR) is 97.0 cm³/mol. The smallest absolute Gasteiger partial charge is 0.292 e. The van der Waals surface area contributed by atoms with Gasteiger partial charge in [-0.3, -0.25) is 10.1 Å². The molecule has 0 amide bonds. The van der Waals surface area contributed by atoms with Crippen LogP contribution in [0.4, 0.5) is 16.5 Å². The summed E-state index contributed by atoms with van der Waals surface area (Å²) in [5.74, 6) is 1.25. The molecule has 0 radical (unpaired) electrons. The van der Waals surface area contributed by atoms with Gasteiger partial charge in [0.2, 0.25) is 0 Å². The Morgan fingerprint density at radius 1 is 1.12 bits per heavy atom. The van der Waals surface area contributed by atoms with E-state index in [0.29, 0.717) is 22.3 Å². The first-order valence-corrected chi connectivity index (χ1v) is 8.18. The van der Waals surface area contributed by atoms with Crippen molar-refractivity contribution in [1.29, 1.82) is 0 Å². The molecule has 1 heterocycles. The fraction of sp³-hybridized carbons (Fsp3) is 0.118. The standard InChI is InChI=1S/C17H15N3O4S/c1-23-15-8-7-11(9-16(15)24-2)13-10-25-17(19-13)18-12-5-3-4-6-14(12)20(21)22/h3-10H,1-2H3,(H,18,19). The zero-order valence-corrected chi connectivity index (χ0v) is 14.4. The number of rotatable bonds is 6. The first kappa shape index (κ1) is 16.7. The Hall–Kier alpha value is -3.13. The minimum absolute atomic E-state index is 0.00497. The van der Waals surface area contributed by atoms with Crippen LogP contribution in [-0.2, 0) is 0 Å². The molecule has 25 heavy (non-hydrogen) atoms. The van der Waals surface area contributed by atoms with Gasteiger partial charge in [0.15, 0.2) is 16.6 Å². The molecule has 0 unspecified atom stereocenters. The van der Waals surface area contributed by atoms with Crippen LogP contribution in [0.25, 0.3) is 11.3 Å². The molecule has 0 spiro atoms. The van der Waals surface area contributed by atoms with Crippen molar-refractivity contribution < 1.29 is 14.4 Å². The Kier molecular flexibility index (Phi) is 4.80. The van der Waals surface area contributed by atoms with Gasteiger partial charge in [0, 0.05) is 17.0 Å². The van der Waals surface area contributed by atoms with E-state index < -0.39 is 4.92 Å². The van der Waals surface area contributed by atoms with Gasteiger partial charge >= 0.3 is 0 Å². The summed E-state index contributed by atoms with van der Waals surface area (Å²) in [5.41, 5.74) is 2.02. The number of benzene rings is 2. The normalized spacial score (nSPS) is 10.3. The zero-order valence-electron chi connectivity index (χ0n) is 13.6. The molecule has 3 aromatic rings. The number of hydrogen-bond acceptors (Lipinski definition) is 7. The Morgan fingerprint density at radius 2 is 1.88 bits per heavy atom. The molecule has 0 fully saturated rings. The maximum absolute atomic E-state index is 11.1. The van der Waals surface area contributed by atoms with Gasteiger partial charge in [0.1, 0.15) is 5.69 Å². The van der Waals surface area contributed by atoms with Crippen molar-refractivity contribution in [3.8, 4) is 22.8 Å². The fourth-order valence-electron chi connectivity index (χ4n) is 2.31. The second-order valence-corrected chi connectivity index (χ2v) is 5.87. The number of nitro benzene ring substituents is 1. The molecule has 0 saturated carbocycles. The number of thiazole rings is 1. The molecule has 8 heteroatoms. The second kappa shape index (κ2) is 7.18. The van der Waals surface area contributed by atoms with Crippen LogP contribution in [-0.4, -0.2) is 24.1 Å². The molecule has 2 aromatic carbocycles. The van der Waals surface area contributed by atoms with Crippen molar-refractivity contribution in [3.05, 3.63) is 58.0 Å². The fourth-order valence-corrected chi connectivity index (χ4v) is 3.05. The largest absolute Gasteiger partial charge is 0.493 e. The minimum atomic E-state index is -0.425. The quantitative estimate of drug-likeness (QED) is 0.517. The zero-order chi connectivity index (χ0) is 17.8. The van der Waals surface area contributed by atoms with Crippen LogP contribution >= 0.6 is 11.3 Å². The van der Waals surface area contributed by atoms with Crippen molar-refractivity contribution in [2.24, 2.45) is 0 Å². The highest BCUT2D eigenvalue weighted by molar-refractivity contribution is 7.14. The molecule has 0 atom stereocenters. The lowest BCUT2D eigenvalue weighted by Crippen LogP contribution is -1.96. The Morgan fingerprint density at radius 3 is 2.60 bits per heavy atom. The van der Waals surface area contributed by atoms with Crippen molar-refractivity contribution in [2.75, 3.05) is 19.5 Å². The van der Waals surface area contributed by atoms with Gasteiger partial charge in [-0.1, -0.05) is 12.1 Å². The second-order valence-electron chi connectivity index (χ2n) is 5.01. The molecule has 0 bridgehead atoms. The molecule has 1 N–H and O–H groups in total. The number of aromatic nitrogens is 1. The molecule has 7 nitrogen and oxygen atoms in total. The number of anilines is 2. The maximum Gasteiger partial charge on any atom is 0.292 e. The van der Waals surface area contributed by atoms with Gasteiger partial charge in [-0.2, -0.15) is 0 Å². The lowest BCUT2D eigenvalue weighted by molar-refractivity contribution is -0.383. The first-order valence-electron chi connectivity index (χ1n) is 7.30. The number of hydrogen-bond donors (Lipinski definition) is 1. The highest BCUT2D eigenvalue weighted by atomic mass is 32.1. The van der Waals surface area contributed by atoms with E-state index in [4.69, 9.17) is 9.47 Å². The van der Waals surface area contributed by atoms with Gasteiger partial charge in [-0.15, -0.1) is 11.3 Å². The van der Waals surface area contributed by atoms with Gasteiger partial charge in [0.05, 0.1) is 24.8 Å². The summed E-state index contributed by atoms with van der Waals surface area (Å²) in [6, 6.07) is 12.0. The van der Waals surface area contributed by atoms with Crippen LogP contribution < -0.4 is 14.8 Å². The number of ether oxygens (including phenoxy) is 2. The van der Waals surface area contributed by atoms with E-state index >= 15 is 0 Å². The van der Waals surface area contributed by atoms with Crippen LogP contribution in [0, 0.1) is 10.1 Å². The maximum atomic E-state index is 11.1. The van der Waals surface area contributed by atoms with Gasteiger partial charge in [-0.25, -0.2) is 4.98 Å². The lowest BCUT2D eigenvalue weighted by atomic mass is 10.1. The summed E-state index contributed by atoms with van der Waals surface area (Å²) < 4.78 is 10.5. The summed E-state index contributed by atoms with van der Waals surface area (Å²) in [6.45, 7) is 0. The summed E-state index contributed by atoms with van der Waals surface area (Å²) in [5, 5.41) is 16.5. The van der Waals surface area contributed by atoms with E-state index in [1.54, 1.807) is 32.4 Å². The molecule has 0 aliphatic carbocycles. The van der Waals surface area contributed by atoms with Crippen LogP contribution in [0.1, 0.15) is 0 Å². The molecule has 0 aliphatic rings. The highest BCUT2D eigenvalue weighted by Gasteiger charge is 2.14. The van der Waals surface area contributed by atoms with Gasteiger partial charge < -0.3 is 14.8 Å². The van der Waals surface area contributed by atoms with Crippen LogP contribution in [0.2, 0.25) is 0 Å². The third-order valence-corrected chi connectivity index (χ3v) is 4.28. The molecule has 0 aliphatic heterocycles. The minimum Gasteiger partial charge on any atom is -0.493 e. The number of nitrogens with one attached hydrogen (secondary N) is 1. The Balaban J connectivity index is 1.87. The van der Waals surface area contributed by atoms with E-state index in [0.717, 1.165) is 11.3 Å². The van der Waals surface area contributed by atoms with E-state index in [-0.39, 0.29) is 5.69 Å². The van der Waals surface area contributed by atoms with Crippen LogP contribution in [0.15, 0.2) is 47.8 Å². The average molecular weight is 357 g/mol. The van der Waals surface area contributed by atoms with E-state index in [9.17, 15) is 10.1 Å². The van der Waals surface area contributed by atoms with Gasteiger partial charge in [0.25, 0.3) is 5.69 Å². The summed E-state index contributed by atoms with van der Waals surface area (Å²) in [4.78, 5) is 15.2. The van der Waals surface area contributed by atoms with Crippen molar-refractivity contribution >= 4 is 27.8 Å². The molecule has 1 aromatic heterocycles. The van der Waals surface area contributed by atoms with E-state index in [2.05, 4.69) is 10.3 Å². The Labute approximate surface area is 148 Å². The monoisotopic (exact) mass is 357 g/mol. The number of methoxy groups -OCH3 is 2. The first-order chi connectivity index (χ1) is 12.1. The van der Waals surface area contributed by atoms with Gasteiger partial charge in [-0.05, 0) is 24.3 Å². The number of para-hydroxylation sites is 2. The average Bonchev–Trinajstić information content (AvgIpc) is 3.10. The number of nitro groups is 1. The Bertz CT molecular complexity index is 910. The molecular formula is C17H15N3O4S. The SMILES string of the molecule is COc1ccc(-c2csc(Nc3ccccc3[N+](=O)[O-])n2)cc1OC. The molecule has 128 valence electrons. The van der Waals surface area contributed by atoms with E-state index in [1.165, 1.54) is 17.4 Å².